The van der Waals surface area contributed by atoms with E-state index < -0.39 is 0 Å². The molecule has 2 heterocycles. The summed E-state index contributed by atoms with van der Waals surface area (Å²) in [5.41, 5.74) is 1.77. The first-order valence-corrected chi connectivity index (χ1v) is 8.70. The molecular weight excluding hydrogens is 324 g/mol. The van der Waals surface area contributed by atoms with Crippen LogP contribution in [0.3, 0.4) is 0 Å². The highest BCUT2D eigenvalue weighted by Gasteiger charge is 2.16. The molecule has 0 aliphatic rings. The summed E-state index contributed by atoms with van der Waals surface area (Å²) in [5, 5.41) is 12.0. The quantitative estimate of drug-likeness (QED) is 0.742. The average molecular weight is 344 g/mol. The first-order chi connectivity index (χ1) is 11.5. The van der Waals surface area contributed by atoms with Crippen LogP contribution < -0.4 is 5.32 Å². The second-order valence-corrected chi connectivity index (χ2v) is 6.92. The van der Waals surface area contributed by atoms with Crippen LogP contribution in [0.1, 0.15) is 37.5 Å². The molecule has 0 spiro atoms. The fourth-order valence-electron chi connectivity index (χ4n) is 2.31. The number of carbonyl (C=O) groups excluding carboxylic acids is 1. The van der Waals surface area contributed by atoms with Crippen molar-refractivity contribution in [2.75, 3.05) is 0 Å². The number of nitrogens with zero attached hydrogens (tertiary/aromatic N) is 5. The van der Waals surface area contributed by atoms with Gasteiger partial charge in [0.2, 0.25) is 5.91 Å². The van der Waals surface area contributed by atoms with E-state index in [-0.39, 0.29) is 11.8 Å². The van der Waals surface area contributed by atoms with Crippen molar-refractivity contribution in [3.63, 3.8) is 0 Å². The highest BCUT2D eigenvalue weighted by molar-refractivity contribution is 7.05. The highest BCUT2D eigenvalue weighted by Crippen LogP contribution is 2.14. The Balaban J connectivity index is 1.58. The molecule has 0 saturated carbocycles. The topological polar surface area (TPSA) is 85.6 Å². The van der Waals surface area contributed by atoms with Crippen LogP contribution in [0, 0.1) is 5.92 Å². The molecule has 1 N–H and O–H groups in total. The summed E-state index contributed by atoms with van der Waals surface area (Å²) in [6, 6.07) is 7.72. The molecule has 3 rings (SSSR count). The summed E-state index contributed by atoms with van der Waals surface area (Å²) < 4.78 is 6.06. The van der Waals surface area contributed by atoms with Crippen LogP contribution >= 0.6 is 11.5 Å². The monoisotopic (exact) mass is 344 g/mol. The van der Waals surface area contributed by atoms with E-state index in [1.165, 1.54) is 11.5 Å². The normalized spacial score (nSPS) is 12.7. The molecule has 2 aromatic heterocycles. The molecule has 1 amide bonds. The molecule has 0 saturated heterocycles. The molecule has 8 heteroatoms. The fraction of sp³-hybridized carbons (Fsp3) is 0.438. The lowest BCUT2D eigenvalue weighted by Crippen LogP contribution is -2.31. The molecule has 1 aromatic carbocycles. The minimum absolute atomic E-state index is 0.0316. The van der Waals surface area contributed by atoms with Gasteiger partial charge in [0.1, 0.15) is 16.3 Å². The average Bonchev–Trinajstić information content (AvgIpc) is 3.20. The fourth-order valence-corrected chi connectivity index (χ4v) is 3.03. The summed E-state index contributed by atoms with van der Waals surface area (Å²) in [6.45, 7) is 6.88. The van der Waals surface area contributed by atoms with Gasteiger partial charge in [0, 0.05) is 5.92 Å². The lowest BCUT2D eigenvalue weighted by Gasteiger charge is -2.11. The van der Waals surface area contributed by atoms with E-state index in [4.69, 9.17) is 0 Å². The summed E-state index contributed by atoms with van der Waals surface area (Å²) in [5.74, 6) is 0.875. The van der Waals surface area contributed by atoms with Crippen LogP contribution in [-0.4, -0.2) is 30.3 Å². The van der Waals surface area contributed by atoms with Gasteiger partial charge in [-0.25, -0.2) is 9.67 Å². The summed E-state index contributed by atoms with van der Waals surface area (Å²) in [7, 11) is 0. The van der Waals surface area contributed by atoms with Gasteiger partial charge >= 0.3 is 0 Å². The van der Waals surface area contributed by atoms with Gasteiger partial charge in [-0.2, -0.15) is 4.37 Å². The summed E-state index contributed by atoms with van der Waals surface area (Å²) in [6.07, 6.45) is 0. The lowest BCUT2D eigenvalue weighted by atomic mass is 10.1. The van der Waals surface area contributed by atoms with Gasteiger partial charge in [-0.1, -0.05) is 38.1 Å². The standard InChI is InChI=1S/C16H20N6OS/c1-10(2)15-18-14(24-20-15)8-17-16(23)11(3)9-22-13-7-5-4-6-12(13)19-21-22/h4-7,10-11H,8-9H2,1-3H3,(H,17,23). The zero-order valence-corrected chi connectivity index (χ0v) is 14.7. The Bertz CT molecular complexity index is 840. The Hall–Kier alpha value is -2.35. The Kier molecular flexibility index (Phi) is 4.84. The first kappa shape index (κ1) is 16.5. The maximum Gasteiger partial charge on any atom is 0.225 e. The van der Waals surface area contributed by atoms with E-state index in [1.807, 2.05) is 31.2 Å². The number of aromatic nitrogens is 5. The molecule has 1 unspecified atom stereocenters. The van der Waals surface area contributed by atoms with Gasteiger partial charge in [-0.15, -0.1) is 5.10 Å². The van der Waals surface area contributed by atoms with Crippen molar-refractivity contribution in [1.29, 1.82) is 0 Å². The van der Waals surface area contributed by atoms with Crippen molar-refractivity contribution in [1.82, 2.24) is 29.7 Å². The first-order valence-electron chi connectivity index (χ1n) is 7.93. The number of rotatable bonds is 6. The molecule has 0 aliphatic carbocycles. The number of amides is 1. The van der Waals surface area contributed by atoms with Crippen molar-refractivity contribution in [3.8, 4) is 0 Å². The number of fused-ring (bicyclic) bond motifs is 1. The second-order valence-electron chi connectivity index (χ2n) is 6.08. The van der Waals surface area contributed by atoms with E-state index in [2.05, 4.69) is 38.8 Å². The molecular formula is C16H20N6OS. The largest absolute Gasteiger partial charge is 0.349 e. The number of nitrogens with one attached hydrogen (secondary N) is 1. The molecule has 0 bridgehead atoms. The van der Waals surface area contributed by atoms with Gasteiger partial charge in [-0.3, -0.25) is 4.79 Å². The van der Waals surface area contributed by atoms with E-state index in [0.29, 0.717) is 19.0 Å². The van der Waals surface area contributed by atoms with Crippen molar-refractivity contribution in [3.05, 3.63) is 35.1 Å². The third kappa shape index (κ3) is 3.59. The predicted octanol–water partition coefficient (Wildman–Crippen LogP) is 2.36. The van der Waals surface area contributed by atoms with Crippen molar-refractivity contribution < 1.29 is 4.79 Å². The molecule has 1 atom stereocenters. The van der Waals surface area contributed by atoms with Gasteiger partial charge in [0.25, 0.3) is 0 Å². The number of hydrogen-bond donors (Lipinski definition) is 1. The molecule has 24 heavy (non-hydrogen) atoms. The van der Waals surface area contributed by atoms with E-state index in [9.17, 15) is 4.79 Å². The third-order valence-corrected chi connectivity index (χ3v) is 4.45. The Morgan fingerprint density at radius 3 is 2.83 bits per heavy atom. The third-order valence-electron chi connectivity index (χ3n) is 3.73. The number of benzene rings is 1. The molecule has 0 fully saturated rings. The minimum Gasteiger partial charge on any atom is -0.349 e. The highest BCUT2D eigenvalue weighted by atomic mass is 32.1. The van der Waals surface area contributed by atoms with Gasteiger partial charge in [-0.05, 0) is 23.7 Å². The van der Waals surface area contributed by atoms with E-state index >= 15 is 0 Å². The molecule has 3 aromatic rings. The molecule has 0 aliphatic heterocycles. The van der Waals surface area contributed by atoms with Gasteiger partial charge in [0.15, 0.2) is 0 Å². The SMILES string of the molecule is CC(Cn1nnc2ccccc21)C(=O)NCc1nc(C(C)C)ns1. The number of para-hydroxylation sites is 1. The number of carbonyl (C=O) groups is 1. The van der Waals surface area contributed by atoms with Crippen molar-refractivity contribution in [2.45, 2.75) is 39.8 Å². The second kappa shape index (κ2) is 7.04. The molecule has 7 nitrogen and oxygen atoms in total. The number of hydrogen-bond acceptors (Lipinski definition) is 6. The zero-order valence-electron chi connectivity index (χ0n) is 13.9. The smallest absolute Gasteiger partial charge is 0.225 e. The predicted molar refractivity (Wildman–Crippen MR) is 92.5 cm³/mol. The minimum atomic E-state index is -0.215. The summed E-state index contributed by atoms with van der Waals surface area (Å²) >= 11 is 1.34. The zero-order chi connectivity index (χ0) is 17.1. The van der Waals surface area contributed by atoms with Crippen LogP contribution in [0.2, 0.25) is 0 Å². The van der Waals surface area contributed by atoms with Gasteiger partial charge in [0.05, 0.1) is 24.5 Å². The van der Waals surface area contributed by atoms with E-state index in [1.54, 1.807) is 4.68 Å². The summed E-state index contributed by atoms with van der Waals surface area (Å²) in [4.78, 5) is 16.7. The van der Waals surface area contributed by atoms with Crippen LogP contribution in [0.25, 0.3) is 11.0 Å². The maximum absolute atomic E-state index is 12.3. The van der Waals surface area contributed by atoms with E-state index in [0.717, 1.165) is 21.9 Å². The van der Waals surface area contributed by atoms with Crippen LogP contribution in [0.4, 0.5) is 0 Å². The van der Waals surface area contributed by atoms with Crippen LogP contribution in [-0.2, 0) is 17.9 Å². The molecule has 0 radical (unpaired) electrons. The van der Waals surface area contributed by atoms with Crippen LogP contribution in [0.15, 0.2) is 24.3 Å². The Labute approximate surface area is 144 Å². The van der Waals surface area contributed by atoms with Crippen molar-refractivity contribution in [2.24, 2.45) is 5.92 Å². The Morgan fingerprint density at radius 1 is 1.29 bits per heavy atom. The van der Waals surface area contributed by atoms with Crippen molar-refractivity contribution >= 4 is 28.5 Å². The van der Waals surface area contributed by atoms with Crippen LogP contribution in [0.5, 0.6) is 0 Å². The molecule has 126 valence electrons. The Morgan fingerprint density at radius 2 is 2.08 bits per heavy atom. The van der Waals surface area contributed by atoms with Gasteiger partial charge < -0.3 is 5.32 Å². The lowest BCUT2D eigenvalue weighted by molar-refractivity contribution is -0.125. The maximum atomic E-state index is 12.3.